The molecule has 0 aliphatic carbocycles. The van der Waals surface area contributed by atoms with Crippen molar-refractivity contribution in [3.05, 3.63) is 59.8 Å². The van der Waals surface area contributed by atoms with Crippen molar-refractivity contribution in [1.29, 1.82) is 0 Å². The van der Waals surface area contributed by atoms with Gasteiger partial charge in [0, 0.05) is 18.1 Å². The van der Waals surface area contributed by atoms with E-state index in [1.54, 1.807) is 19.2 Å². The van der Waals surface area contributed by atoms with Gasteiger partial charge < -0.3 is 5.32 Å². The summed E-state index contributed by atoms with van der Waals surface area (Å²) in [4.78, 5) is 8.61. The highest BCUT2D eigenvalue weighted by Gasteiger charge is 2.29. The minimum atomic E-state index is -4.37. The molecule has 0 aliphatic rings. The van der Waals surface area contributed by atoms with Gasteiger partial charge >= 0.3 is 6.18 Å². The number of benzene rings is 2. The number of nitrogens with zero attached hydrogens (tertiary/aromatic N) is 2. The van der Waals surface area contributed by atoms with Gasteiger partial charge in [0.05, 0.1) is 21.7 Å². The SMILES string of the molecule is CCS(=O)(=O)c1ccc2cnc(NCc3ccc(C(F)(F)F)cc3)nc2c1. The van der Waals surface area contributed by atoms with E-state index in [1.165, 1.54) is 24.3 Å². The number of rotatable bonds is 5. The van der Waals surface area contributed by atoms with E-state index >= 15 is 0 Å². The molecule has 2 aromatic carbocycles. The van der Waals surface area contributed by atoms with Crippen LogP contribution in [0.1, 0.15) is 18.1 Å². The molecule has 9 heteroatoms. The van der Waals surface area contributed by atoms with Crippen molar-refractivity contribution in [1.82, 2.24) is 9.97 Å². The van der Waals surface area contributed by atoms with E-state index in [2.05, 4.69) is 15.3 Å². The van der Waals surface area contributed by atoms with E-state index in [9.17, 15) is 21.6 Å². The van der Waals surface area contributed by atoms with Gasteiger partial charge in [-0.25, -0.2) is 18.4 Å². The first-order chi connectivity index (χ1) is 12.7. The first-order valence-electron chi connectivity index (χ1n) is 8.08. The zero-order valence-electron chi connectivity index (χ0n) is 14.3. The van der Waals surface area contributed by atoms with Gasteiger partial charge in [-0.05, 0) is 35.9 Å². The normalized spacial score (nSPS) is 12.3. The summed E-state index contributed by atoms with van der Waals surface area (Å²) in [6, 6.07) is 9.42. The molecule has 5 nitrogen and oxygen atoms in total. The van der Waals surface area contributed by atoms with Gasteiger partial charge in [-0.2, -0.15) is 13.2 Å². The highest BCUT2D eigenvalue weighted by molar-refractivity contribution is 7.91. The van der Waals surface area contributed by atoms with Gasteiger partial charge in [0.25, 0.3) is 0 Å². The lowest BCUT2D eigenvalue weighted by molar-refractivity contribution is -0.137. The lowest BCUT2D eigenvalue weighted by Gasteiger charge is -2.09. The van der Waals surface area contributed by atoms with Gasteiger partial charge in [-0.1, -0.05) is 19.1 Å². The molecular formula is C18H16F3N3O2S. The van der Waals surface area contributed by atoms with Crippen LogP contribution in [0.2, 0.25) is 0 Å². The Kier molecular flexibility index (Phi) is 5.05. The molecule has 0 aliphatic heterocycles. The summed E-state index contributed by atoms with van der Waals surface area (Å²) in [6.07, 6.45) is -2.82. The molecule has 0 fully saturated rings. The first-order valence-corrected chi connectivity index (χ1v) is 9.74. The maximum atomic E-state index is 12.6. The van der Waals surface area contributed by atoms with Crippen molar-refractivity contribution >= 4 is 26.7 Å². The zero-order chi connectivity index (χ0) is 19.7. The summed E-state index contributed by atoms with van der Waals surface area (Å²) in [7, 11) is -3.35. The Morgan fingerprint density at radius 3 is 2.41 bits per heavy atom. The molecule has 0 amide bonds. The number of nitrogens with one attached hydrogen (secondary N) is 1. The van der Waals surface area contributed by atoms with Gasteiger partial charge in [-0.3, -0.25) is 0 Å². The molecule has 0 saturated heterocycles. The van der Waals surface area contributed by atoms with Crippen LogP contribution in [-0.4, -0.2) is 24.1 Å². The molecule has 0 spiro atoms. The van der Waals surface area contributed by atoms with Crippen LogP contribution in [0.4, 0.5) is 19.1 Å². The minimum absolute atomic E-state index is 0.0113. The van der Waals surface area contributed by atoms with Gasteiger partial charge in [-0.15, -0.1) is 0 Å². The largest absolute Gasteiger partial charge is 0.416 e. The zero-order valence-corrected chi connectivity index (χ0v) is 15.1. The van der Waals surface area contributed by atoms with Gasteiger partial charge in [0.1, 0.15) is 0 Å². The Morgan fingerprint density at radius 2 is 1.78 bits per heavy atom. The van der Waals surface area contributed by atoms with Crippen molar-refractivity contribution in [2.24, 2.45) is 0 Å². The summed E-state index contributed by atoms with van der Waals surface area (Å²) in [5.41, 5.74) is 0.390. The molecule has 0 bridgehead atoms. The molecule has 0 saturated carbocycles. The lowest BCUT2D eigenvalue weighted by atomic mass is 10.1. The van der Waals surface area contributed by atoms with Gasteiger partial charge in [0.2, 0.25) is 5.95 Å². The third kappa shape index (κ3) is 4.36. The summed E-state index contributed by atoms with van der Waals surface area (Å²) in [6.45, 7) is 1.80. The van der Waals surface area contributed by atoms with E-state index in [4.69, 9.17) is 0 Å². The Hall–Kier alpha value is -2.68. The molecule has 142 valence electrons. The highest BCUT2D eigenvalue weighted by Crippen LogP contribution is 2.29. The van der Waals surface area contributed by atoms with E-state index in [1.807, 2.05) is 0 Å². The Bertz CT molecular complexity index is 1070. The standard InChI is InChI=1S/C18H16F3N3O2S/c1-2-27(25,26)15-8-5-13-11-23-17(24-16(13)9-15)22-10-12-3-6-14(7-4-12)18(19,20)21/h3-9,11H,2,10H2,1H3,(H,22,23,24). The number of sulfone groups is 1. The molecular weight excluding hydrogens is 379 g/mol. The Balaban J connectivity index is 1.79. The summed E-state index contributed by atoms with van der Waals surface area (Å²) < 4.78 is 61.7. The molecule has 27 heavy (non-hydrogen) atoms. The average molecular weight is 395 g/mol. The molecule has 0 unspecified atom stereocenters. The van der Waals surface area contributed by atoms with Crippen LogP contribution in [0.5, 0.6) is 0 Å². The van der Waals surface area contributed by atoms with Crippen LogP contribution in [0, 0.1) is 0 Å². The molecule has 1 aromatic heterocycles. The quantitative estimate of drug-likeness (QED) is 0.706. The van der Waals surface area contributed by atoms with Crippen LogP contribution < -0.4 is 5.32 Å². The fraction of sp³-hybridized carbons (Fsp3) is 0.222. The summed E-state index contributed by atoms with van der Waals surface area (Å²) >= 11 is 0. The number of fused-ring (bicyclic) bond motifs is 1. The maximum absolute atomic E-state index is 12.6. The summed E-state index contributed by atoms with van der Waals surface area (Å²) in [5.74, 6) is 0.247. The smallest absolute Gasteiger partial charge is 0.350 e. The third-order valence-corrected chi connectivity index (χ3v) is 5.76. The Labute approximate surface area is 154 Å². The topological polar surface area (TPSA) is 72.0 Å². The van der Waals surface area contributed by atoms with Crippen LogP contribution in [-0.2, 0) is 22.6 Å². The van der Waals surface area contributed by atoms with E-state index < -0.39 is 21.6 Å². The second kappa shape index (κ2) is 7.15. The average Bonchev–Trinajstić information content (AvgIpc) is 2.65. The van der Waals surface area contributed by atoms with Crippen molar-refractivity contribution in [2.45, 2.75) is 24.5 Å². The van der Waals surface area contributed by atoms with Crippen molar-refractivity contribution in [3.63, 3.8) is 0 Å². The number of aromatic nitrogens is 2. The minimum Gasteiger partial charge on any atom is -0.350 e. The highest BCUT2D eigenvalue weighted by atomic mass is 32.2. The number of anilines is 1. The summed E-state index contributed by atoms with van der Waals surface area (Å²) in [5, 5.41) is 3.62. The second-order valence-corrected chi connectivity index (χ2v) is 8.14. The number of halogens is 3. The monoisotopic (exact) mass is 395 g/mol. The predicted molar refractivity (Wildman–Crippen MR) is 96.0 cm³/mol. The first kappa shape index (κ1) is 19.1. The van der Waals surface area contributed by atoms with Crippen molar-refractivity contribution < 1.29 is 21.6 Å². The van der Waals surface area contributed by atoms with Gasteiger partial charge in [0.15, 0.2) is 9.84 Å². The van der Waals surface area contributed by atoms with Crippen molar-refractivity contribution in [3.8, 4) is 0 Å². The van der Waals surface area contributed by atoms with Crippen LogP contribution >= 0.6 is 0 Å². The Morgan fingerprint density at radius 1 is 1.07 bits per heavy atom. The number of hydrogen-bond acceptors (Lipinski definition) is 5. The van der Waals surface area contributed by atoms with Crippen molar-refractivity contribution in [2.75, 3.05) is 11.1 Å². The second-order valence-electron chi connectivity index (χ2n) is 5.87. The predicted octanol–water partition coefficient (Wildman–Crippen LogP) is 4.05. The van der Waals surface area contributed by atoms with Crippen LogP contribution in [0.25, 0.3) is 10.9 Å². The van der Waals surface area contributed by atoms with E-state index in [0.29, 0.717) is 16.5 Å². The molecule has 1 heterocycles. The molecule has 3 aromatic rings. The van der Waals surface area contributed by atoms with Crippen LogP contribution in [0.3, 0.4) is 0 Å². The van der Waals surface area contributed by atoms with Crippen LogP contribution in [0.15, 0.2) is 53.6 Å². The third-order valence-electron chi connectivity index (χ3n) is 4.03. The molecule has 0 radical (unpaired) electrons. The fourth-order valence-corrected chi connectivity index (χ4v) is 3.34. The maximum Gasteiger partial charge on any atom is 0.416 e. The van der Waals surface area contributed by atoms with E-state index in [-0.39, 0.29) is 23.1 Å². The van der Waals surface area contributed by atoms with E-state index in [0.717, 1.165) is 12.1 Å². The molecule has 0 atom stereocenters. The molecule has 1 N–H and O–H groups in total. The lowest BCUT2D eigenvalue weighted by Crippen LogP contribution is -2.07. The molecule has 3 rings (SSSR count). The number of hydrogen-bond donors (Lipinski definition) is 1. The fourth-order valence-electron chi connectivity index (χ4n) is 2.44. The number of alkyl halides is 3.